The fraction of sp³-hybridized carbons (Fsp3) is 0.333. The van der Waals surface area contributed by atoms with Gasteiger partial charge in [0.25, 0.3) is 0 Å². The van der Waals surface area contributed by atoms with Gasteiger partial charge in [0.15, 0.2) is 0 Å². The molecule has 0 N–H and O–H groups in total. The van der Waals surface area contributed by atoms with Gasteiger partial charge in [0, 0.05) is 12.2 Å². The largest absolute Gasteiger partial charge is 0.423 e. The van der Waals surface area contributed by atoms with E-state index in [4.69, 9.17) is 9.62 Å². The average Bonchev–Trinajstić information content (AvgIpc) is 2.46. The van der Waals surface area contributed by atoms with E-state index in [1.54, 1.807) is 44.2 Å². The molecule has 0 unspecified atom stereocenters. The average molecular weight is 294 g/mol. The molecule has 0 aliphatic rings. The monoisotopic (exact) mass is 294 g/mol. The second-order valence-corrected chi connectivity index (χ2v) is 4.73. The Morgan fingerprint density at radius 1 is 1.10 bits per heavy atom. The SMILES string of the molecule is CCC(C)(C)OOOC(=O)C=CC(=O)Oc1ccccc1. The number of rotatable bonds is 7. The van der Waals surface area contributed by atoms with E-state index in [-0.39, 0.29) is 0 Å². The number of esters is 1. The molecule has 0 spiro atoms. The number of hydrogen-bond donors (Lipinski definition) is 0. The summed E-state index contributed by atoms with van der Waals surface area (Å²) >= 11 is 0. The molecule has 114 valence electrons. The second-order valence-electron chi connectivity index (χ2n) is 4.73. The number of hydrogen-bond acceptors (Lipinski definition) is 6. The molecule has 0 bridgehead atoms. The smallest absolute Gasteiger partial charge is 0.369 e. The fourth-order valence-corrected chi connectivity index (χ4v) is 1.00. The minimum absolute atomic E-state index is 0.379. The van der Waals surface area contributed by atoms with Crippen LogP contribution in [0.2, 0.25) is 0 Å². The highest BCUT2D eigenvalue weighted by molar-refractivity contribution is 5.92. The summed E-state index contributed by atoms with van der Waals surface area (Å²) in [6.07, 6.45) is 2.49. The summed E-state index contributed by atoms with van der Waals surface area (Å²) < 4.78 is 4.94. The van der Waals surface area contributed by atoms with Crippen LogP contribution < -0.4 is 4.74 Å². The maximum atomic E-state index is 11.4. The Morgan fingerprint density at radius 2 is 1.71 bits per heavy atom. The fourth-order valence-electron chi connectivity index (χ4n) is 1.00. The summed E-state index contributed by atoms with van der Waals surface area (Å²) in [7, 11) is 0. The Balaban J connectivity index is 2.32. The second kappa shape index (κ2) is 8.18. The van der Waals surface area contributed by atoms with E-state index in [9.17, 15) is 9.59 Å². The number of carbonyl (C=O) groups excluding carboxylic acids is 2. The van der Waals surface area contributed by atoms with Crippen molar-refractivity contribution in [3.8, 4) is 5.75 Å². The third-order valence-corrected chi connectivity index (χ3v) is 2.54. The predicted octanol–water partition coefficient (Wildman–Crippen LogP) is 2.74. The van der Waals surface area contributed by atoms with E-state index in [1.807, 2.05) is 6.92 Å². The van der Waals surface area contributed by atoms with Crippen LogP contribution in [0, 0.1) is 0 Å². The van der Waals surface area contributed by atoms with Crippen molar-refractivity contribution in [3.05, 3.63) is 42.5 Å². The van der Waals surface area contributed by atoms with Gasteiger partial charge in [-0.2, -0.15) is 4.89 Å². The van der Waals surface area contributed by atoms with Crippen molar-refractivity contribution in [2.45, 2.75) is 32.8 Å². The molecule has 0 fully saturated rings. The molecule has 0 radical (unpaired) electrons. The number of ether oxygens (including phenoxy) is 1. The molecule has 21 heavy (non-hydrogen) atoms. The lowest BCUT2D eigenvalue weighted by molar-refractivity contribution is -0.515. The van der Waals surface area contributed by atoms with Crippen LogP contribution in [0.1, 0.15) is 27.2 Å². The van der Waals surface area contributed by atoms with Crippen LogP contribution in [0.3, 0.4) is 0 Å². The van der Waals surface area contributed by atoms with E-state index in [0.29, 0.717) is 12.2 Å². The molecule has 0 saturated heterocycles. The zero-order chi connectivity index (χ0) is 15.7. The molecule has 0 aliphatic heterocycles. The van der Waals surface area contributed by atoms with Gasteiger partial charge in [0.05, 0.1) is 0 Å². The lowest BCUT2D eigenvalue weighted by Crippen LogP contribution is -2.24. The summed E-state index contributed by atoms with van der Waals surface area (Å²) in [6, 6.07) is 8.48. The number of para-hydroxylation sites is 1. The standard InChI is InChI=1S/C15H18O6/c1-4-15(2,3)20-21-19-14(17)11-10-13(16)18-12-8-6-5-7-9-12/h5-11H,4H2,1-3H3. The zero-order valence-electron chi connectivity index (χ0n) is 12.2. The molecule has 0 aromatic heterocycles. The molecule has 0 atom stereocenters. The van der Waals surface area contributed by atoms with E-state index < -0.39 is 17.5 Å². The van der Waals surface area contributed by atoms with Crippen molar-refractivity contribution in [2.24, 2.45) is 0 Å². The van der Waals surface area contributed by atoms with Crippen molar-refractivity contribution in [2.75, 3.05) is 0 Å². The third kappa shape index (κ3) is 7.24. The zero-order valence-corrected chi connectivity index (χ0v) is 12.2. The van der Waals surface area contributed by atoms with Gasteiger partial charge < -0.3 is 4.74 Å². The Labute approximate surface area is 123 Å². The predicted molar refractivity (Wildman–Crippen MR) is 73.8 cm³/mol. The summed E-state index contributed by atoms with van der Waals surface area (Å²) in [5, 5.41) is 4.35. The first-order chi connectivity index (χ1) is 9.93. The minimum Gasteiger partial charge on any atom is -0.423 e. The Bertz CT molecular complexity index is 492. The normalized spacial score (nSPS) is 11.4. The van der Waals surface area contributed by atoms with Crippen LogP contribution in [0.4, 0.5) is 0 Å². The molecule has 6 heteroatoms. The van der Waals surface area contributed by atoms with Gasteiger partial charge in [-0.3, -0.25) is 4.89 Å². The van der Waals surface area contributed by atoms with Crippen molar-refractivity contribution in [1.82, 2.24) is 0 Å². The van der Waals surface area contributed by atoms with E-state index >= 15 is 0 Å². The Morgan fingerprint density at radius 3 is 2.33 bits per heavy atom. The van der Waals surface area contributed by atoms with Crippen LogP contribution in [-0.4, -0.2) is 17.5 Å². The van der Waals surface area contributed by atoms with Crippen molar-refractivity contribution in [3.63, 3.8) is 0 Å². The van der Waals surface area contributed by atoms with Gasteiger partial charge in [0.2, 0.25) is 0 Å². The van der Waals surface area contributed by atoms with Gasteiger partial charge in [-0.05, 0) is 37.4 Å². The number of carbonyl (C=O) groups is 2. The Kier molecular flexibility index (Phi) is 6.58. The van der Waals surface area contributed by atoms with Crippen LogP contribution in [-0.2, 0) is 24.4 Å². The minimum atomic E-state index is -0.882. The van der Waals surface area contributed by atoms with Crippen molar-refractivity contribution in [1.29, 1.82) is 0 Å². The molecule has 0 amide bonds. The molecular formula is C15H18O6. The molecule has 1 aromatic rings. The quantitative estimate of drug-likeness (QED) is 0.253. The highest BCUT2D eigenvalue weighted by Crippen LogP contribution is 2.13. The lowest BCUT2D eigenvalue weighted by atomic mass is 10.1. The van der Waals surface area contributed by atoms with E-state index in [1.165, 1.54) is 0 Å². The first kappa shape index (κ1) is 16.9. The first-order valence-electron chi connectivity index (χ1n) is 6.44. The summed E-state index contributed by atoms with van der Waals surface area (Å²) in [6.45, 7) is 5.44. The van der Waals surface area contributed by atoms with E-state index in [2.05, 4.69) is 9.93 Å². The maximum Gasteiger partial charge on any atom is 0.369 e. The van der Waals surface area contributed by atoms with Gasteiger partial charge in [-0.25, -0.2) is 9.59 Å². The molecule has 6 nitrogen and oxygen atoms in total. The molecular weight excluding hydrogens is 276 g/mol. The topological polar surface area (TPSA) is 71.1 Å². The van der Waals surface area contributed by atoms with Crippen LogP contribution in [0.5, 0.6) is 5.75 Å². The van der Waals surface area contributed by atoms with Gasteiger partial charge >= 0.3 is 11.9 Å². The van der Waals surface area contributed by atoms with Gasteiger partial charge in [-0.1, -0.05) is 25.1 Å². The van der Waals surface area contributed by atoms with E-state index in [0.717, 1.165) is 12.2 Å². The molecule has 0 heterocycles. The lowest BCUT2D eigenvalue weighted by Gasteiger charge is -2.19. The summed E-state index contributed by atoms with van der Waals surface area (Å²) in [5.74, 6) is -1.20. The summed E-state index contributed by atoms with van der Waals surface area (Å²) in [4.78, 5) is 31.8. The van der Waals surface area contributed by atoms with Gasteiger partial charge in [0.1, 0.15) is 11.4 Å². The molecule has 1 aromatic carbocycles. The van der Waals surface area contributed by atoms with Crippen molar-refractivity contribution < 1.29 is 29.1 Å². The van der Waals surface area contributed by atoms with Crippen molar-refractivity contribution >= 4 is 11.9 Å². The highest BCUT2D eigenvalue weighted by Gasteiger charge is 2.18. The molecule has 0 aliphatic carbocycles. The first-order valence-corrected chi connectivity index (χ1v) is 6.44. The van der Waals surface area contributed by atoms with Crippen LogP contribution >= 0.6 is 0 Å². The van der Waals surface area contributed by atoms with Gasteiger partial charge in [-0.15, -0.1) is 0 Å². The highest BCUT2D eigenvalue weighted by atomic mass is 17.5. The summed E-state index contributed by atoms with van der Waals surface area (Å²) in [5.41, 5.74) is -0.573. The Hall–Kier alpha value is -2.18. The molecule has 0 saturated carbocycles. The van der Waals surface area contributed by atoms with Crippen LogP contribution in [0.15, 0.2) is 42.5 Å². The van der Waals surface area contributed by atoms with Crippen LogP contribution in [0.25, 0.3) is 0 Å². The molecule has 1 rings (SSSR count). The third-order valence-electron chi connectivity index (χ3n) is 2.54. The number of benzene rings is 1. The maximum absolute atomic E-state index is 11.4.